The monoisotopic (exact) mass is 462 g/mol. The van der Waals surface area contributed by atoms with Crippen molar-refractivity contribution in [1.29, 1.82) is 0 Å². The van der Waals surface area contributed by atoms with Gasteiger partial charge in [-0.2, -0.15) is 42.0 Å². The van der Waals surface area contributed by atoms with Crippen LogP contribution >= 0.6 is 0 Å². The van der Waals surface area contributed by atoms with Gasteiger partial charge in [0.15, 0.2) is 0 Å². The quantitative estimate of drug-likeness (QED) is 0.217. The summed E-state index contributed by atoms with van der Waals surface area (Å²) >= 11 is 1.58. The van der Waals surface area contributed by atoms with Gasteiger partial charge in [-0.15, -0.1) is 11.1 Å². The van der Waals surface area contributed by atoms with Crippen LogP contribution in [0.3, 0.4) is 0 Å². The molecule has 28 heavy (non-hydrogen) atoms. The molecule has 0 aliphatic heterocycles. The zero-order valence-electron chi connectivity index (χ0n) is 18.2. The Morgan fingerprint density at radius 3 is 1.96 bits per heavy atom. The minimum Gasteiger partial charge on any atom is -0.214 e. The summed E-state index contributed by atoms with van der Waals surface area (Å²) in [5.41, 5.74) is 8.70. The van der Waals surface area contributed by atoms with Crippen molar-refractivity contribution in [3.05, 3.63) is 89.0 Å². The van der Waals surface area contributed by atoms with E-state index in [1.807, 2.05) is 37.2 Å². The van der Waals surface area contributed by atoms with Gasteiger partial charge in [-0.3, -0.25) is 0 Å². The smallest absolute Gasteiger partial charge is 0.172 e. The van der Waals surface area contributed by atoms with Crippen LogP contribution in [-0.2, 0) is 40.6 Å². The first-order valence-electron chi connectivity index (χ1n) is 9.88. The minimum absolute atomic E-state index is 0.167. The number of hydrogen-bond acceptors (Lipinski definition) is 0. The van der Waals surface area contributed by atoms with E-state index in [0.29, 0.717) is 0 Å². The summed E-state index contributed by atoms with van der Waals surface area (Å²) in [6.07, 6.45) is 1.03. The molecule has 1 aliphatic rings. The van der Waals surface area contributed by atoms with Crippen LogP contribution < -0.4 is 0 Å². The Labute approximate surface area is 188 Å². The second-order valence-corrected chi connectivity index (χ2v) is 9.28. The van der Waals surface area contributed by atoms with Crippen LogP contribution in [0.4, 0.5) is 0 Å². The molecular weight excluding hydrogens is 432 g/mol. The third-order valence-electron chi connectivity index (χ3n) is 5.02. The van der Waals surface area contributed by atoms with E-state index in [-0.39, 0.29) is 10.8 Å². The van der Waals surface area contributed by atoms with Crippen molar-refractivity contribution in [3.8, 4) is 11.1 Å². The Hall–Kier alpha value is -1.11. The van der Waals surface area contributed by atoms with Crippen molar-refractivity contribution in [2.24, 2.45) is 0 Å². The Balaban J connectivity index is 0.000000342. The molecule has 0 nitrogen and oxygen atoms in total. The summed E-state index contributed by atoms with van der Waals surface area (Å²) in [5.74, 6) is 0. The number of rotatable bonds is 0. The summed E-state index contributed by atoms with van der Waals surface area (Å²) in [6, 6.07) is 25.2. The first kappa shape index (κ1) is 23.2. The molecule has 0 atom stereocenters. The van der Waals surface area contributed by atoms with Crippen LogP contribution in [-0.4, -0.2) is 6.88 Å². The maximum atomic E-state index is 3.67. The molecule has 3 aromatic rings. The maximum Gasteiger partial charge on any atom is -0.172 e. The fourth-order valence-corrected chi connectivity index (χ4v) is 3.35. The first-order chi connectivity index (χ1) is 13.2. The molecule has 0 unspecified atom stereocenters. The van der Waals surface area contributed by atoms with E-state index in [1.54, 1.807) is 23.3 Å². The molecule has 1 aliphatic carbocycles. The van der Waals surface area contributed by atoms with Crippen molar-refractivity contribution < 1.29 is 23.3 Å². The van der Waals surface area contributed by atoms with Gasteiger partial charge in [0, 0.05) is 0 Å². The molecule has 0 fully saturated rings. The van der Waals surface area contributed by atoms with E-state index in [2.05, 4.69) is 77.9 Å². The Kier molecular flexibility index (Phi) is 7.94. The SMILES string of the molecule is CC(C)(C)c1[c-]c2c(cc1)-c1ccc(C(C)(C)C)cc1C2.[SiH2]=[Zr+2].c1cc[cH-]c1. The maximum absolute atomic E-state index is 3.67. The molecule has 0 aromatic heterocycles. The molecule has 0 saturated heterocycles. The van der Waals surface area contributed by atoms with Crippen molar-refractivity contribution in [3.63, 3.8) is 0 Å². The van der Waals surface area contributed by atoms with Gasteiger partial charge in [-0.05, 0) is 28.4 Å². The van der Waals surface area contributed by atoms with Crippen LogP contribution in [0.1, 0.15) is 63.8 Å². The average molecular weight is 464 g/mol. The van der Waals surface area contributed by atoms with Crippen molar-refractivity contribution >= 4 is 6.88 Å². The van der Waals surface area contributed by atoms with Gasteiger partial charge in [0.25, 0.3) is 0 Å². The standard InChI is InChI=1S/C21H25.C5H5.H2Si.Zr/c1-20(2,3)16-7-9-18-14(12-16)11-15-13-17(21(4,5)6)8-10-19(15)18;1-2-4-5-3-1;;/h7-10,12H,11H2,1-6H3;1-5H;1H2;/q2*-1;;+2. The third kappa shape index (κ3) is 5.71. The summed E-state index contributed by atoms with van der Waals surface area (Å²) in [4.78, 5) is 0. The van der Waals surface area contributed by atoms with Crippen LogP contribution in [0.25, 0.3) is 11.1 Å². The number of hydrogen-bond donors (Lipinski definition) is 0. The topological polar surface area (TPSA) is 0 Å². The Morgan fingerprint density at radius 2 is 1.46 bits per heavy atom. The van der Waals surface area contributed by atoms with Crippen molar-refractivity contribution in [2.45, 2.75) is 58.8 Å². The molecular formula is C26H32SiZr. The van der Waals surface area contributed by atoms with Gasteiger partial charge < -0.3 is 0 Å². The molecule has 0 radical (unpaired) electrons. The fourth-order valence-electron chi connectivity index (χ4n) is 3.35. The fraction of sp³-hybridized carbons (Fsp3) is 0.346. The zero-order valence-corrected chi connectivity index (χ0v) is 22.1. The summed E-state index contributed by atoms with van der Waals surface area (Å²) < 4.78 is 0. The predicted molar refractivity (Wildman–Crippen MR) is 121 cm³/mol. The van der Waals surface area contributed by atoms with Gasteiger partial charge in [-0.25, -0.2) is 12.1 Å². The molecule has 0 saturated carbocycles. The molecule has 4 rings (SSSR count). The summed E-state index contributed by atoms with van der Waals surface area (Å²) in [7, 11) is 0. The molecule has 0 heterocycles. The largest absolute Gasteiger partial charge is 0.214 e. The van der Waals surface area contributed by atoms with E-state index in [9.17, 15) is 0 Å². The van der Waals surface area contributed by atoms with Crippen molar-refractivity contribution in [1.82, 2.24) is 0 Å². The van der Waals surface area contributed by atoms with Gasteiger partial charge in [0.2, 0.25) is 0 Å². The molecule has 3 aromatic carbocycles. The predicted octanol–water partition coefficient (Wildman–Crippen LogP) is 6.14. The minimum atomic E-state index is 0.167. The first-order valence-corrected chi connectivity index (χ1v) is 15.8. The summed E-state index contributed by atoms with van der Waals surface area (Å²) in [6.45, 7) is 15.6. The molecule has 0 N–H and O–H groups in total. The van der Waals surface area contributed by atoms with Crippen molar-refractivity contribution in [2.75, 3.05) is 0 Å². The van der Waals surface area contributed by atoms with Gasteiger partial charge in [-0.1, -0.05) is 65.3 Å². The third-order valence-corrected chi connectivity index (χ3v) is 5.02. The molecule has 2 heteroatoms. The number of fused-ring (bicyclic) bond motifs is 3. The number of benzene rings is 2. The van der Waals surface area contributed by atoms with Gasteiger partial charge >= 0.3 is 30.2 Å². The van der Waals surface area contributed by atoms with Crippen LogP contribution in [0.15, 0.2) is 60.7 Å². The molecule has 0 bridgehead atoms. The Morgan fingerprint density at radius 1 is 0.857 bits per heavy atom. The van der Waals surface area contributed by atoms with Crippen LogP contribution in [0, 0.1) is 6.07 Å². The molecule has 144 valence electrons. The van der Waals surface area contributed by atoms with E-state index in [0.717, 1.165) is 6.42 Å². The van der Waals surface area contributed by atoms with Crippen LogP contribution in [0.2, 0.25) is 0 Å². The van der Waals surface area contributed by atoms with Crippen LogP contribution in [0.5, 0.6) is 0 Å². The second-order valence-electron chi connectivity index (χ2n) is 9.28. The van der Waals surface area contributed by atoms with E-state index >= 15 is 0 Å². The normalized spacial score (nSPS) is 12.1. The van der Waals surface area contributed by atoms with E-state index in [4.69, 9.17) is 0 Å². The molecule has 0 amide bonds. The summed E-state index contributed by atoms with van der Waals surface area (Å²) in [5, 5.41) is 0. The average Bonchev–Trinajstić information content (AvgIpc) is 3.32. The Bertz CT molecular complexity index is 814. The van der Waals surface area contributed by atoms with Gasteiger partial charge in [0.1, 0.15) is 0 Å². The molecule has 0 spiro atoms. The van der Waals surface area contributed by atoms with Gasteiger partial charge in [0.05, 0.1) is 0 Å². The van der Waals surface area contributed by atoms with E-state index in [1.165, 1.54) is 33.4 Å². The zero-order chi connectivity index (χ0) is 20.9. The van der Waals surface area contributed by atoms with E-state index < -0.39 is 0 Å². The second kappa shape index (κ2) is 9.59.